The molecule has 0 radical (unpaired) electrons. The van der Waals surface area contributed by atoms with Crippen molar-refractivity contribution in [3.8, 4) is 11.6 Å². The molecule has 25 heavy (non-hydrogen) atoms. The number of aromatic amines is 1. The van der Waals surface area contributed by atoms with Gasteiger partial charge >= 0.3 is 0 Å². The Morgan fingerprint density at radius 2 is 2.00 bits per heavy atom. The molecule has 4 rings (SSSR count). The molecule has 0 amide bonds. The number of anilines is 1. The molecule has 0 atom stereocenters. The smallest absolute Gasteiger partial charge is 0.263 e. The fourth-order valence-electron chi connectivity index (χ4n) is 2.56. The van der Waals surface area contributed by atoms with Crippen LogP contribution >= 0.6 is 0 Å². The fourth-order valence-corrected chi connectivity index (χ4v) is 3.61. The van der Waals surface area contributed by atoms with Crippen molar-refractivity contribution in [2.24, 2.45) is 0 Å². The van der Waals surface area contributed by atoms with Crippen LogP contribution in [-0.2, 0) is 10.0 Å². The molecular formula is C16H13F2N3O3S. The number of hydrogen-bond donors (Lipinski definition) is 2. The Balaban J connectivity index is 1.62. The van der Waals surface area contributed by atoms with Crippen LogP contribution in [0.4, 0.5) is 14.5 Å². The van der Waals surface area contributed by atoms with Gasteiger partial charge in [-0.2, -0.15) is 0 Å². The van der Waals surface area contributed by atoms with E-state index >= 15 is 0 Å². The van der Waals surface area contributed by atoms with Crippen molar-refractivity contribution >= 4 is 15.7 Å². The molecule has 1 saturated carbocycles. The van der Waals surface area contributed by atoms with E-state index in [0.717, 1.165) is 25.0 Å². The van der Waals surface area contributed by atoms with Crippen LogP contribution in [0.25, 0.3) is 11.6 Å². The summed E-state index contributed by atoms with van der Waals surface area (Å²) in [5, 5.41) is 0. The zero-order chi connectivity index (χ0) is 17.6. The summed E-state index contributed by atoms with van der Waals surface area (Å²) >= 11 is 0. The van der Waals surface area contributed by atoms with Gasteiger partial charge in [0.2, 0.25) is 5.89 Å². The maximum atomic E-state index is 14.2. The number of halogens is 2. The van der Waals surface area contributed by atoms with Gasteiger partial charge in [0.15, 0.2) is 0 Å². The Hall–Kier alpha value is -2.68. The molecule has 3 aromatic rings. The van der Waals surface area contributed by atoms with Crippen LogP contribution in [0.1, 0.15) is 24.3 Å². The van der Waals surface area contributed by atoms with Crippen molar-refractivity contribution < 1.29 is 21.6 Å². The minimum absolute atomic E-state index is 0.0215. The zero-order valence-electron chi connectivity index (χ0n) is 12.8. The van der Waals surface area contributed by atoms with E-state index in [2.05, 4.69) is 14.7 Å². The molecule has 1 fully saturated rings. The van der Waals surface area contributed by atoms with E-state index in [0.29, 0.717) is 5.69 Å². The Bertz CT molecular complexity index is 1030. The first-order chi connectivity index (χ1) is 11.9. The normalized spacial score (nSPS) is 14.6. The van der Waals surface area contributed by atoms with E-state index in [4.69, 9.17) is 4.42 Å². The quantitative estimate of drug-likeness (QED) is 0.723. The standard InChI is InChI=1S/C16H13F2N3O3S/c17-12-7-14(13(18)6-11(12)9-1-2-9)21-25(22,23)10-5-15(20-8-10)16-19-3-4-24-16/h3-9,20-21H,1-2H2. The van der Waals surface area contributed by atoms with Crippen LogP contribution in [0, 0.1) is 11.6 Å². The van der Waals surface area contributed by atoms with Crippen molar-refractivity contribution in [3.63, 3.8) is 0 Å². The molecule has 1 aromatic carbocycles. The third-order valence-corrected chi connectivity index (χ3v) is 5.32. The predicted molar refractivity (Wildman–Crippen MR) is 85.4 cm³/mol. The minimum Gasteiger partial charge on any atom is -0.443 e. The SMILES string of the molecule is O=S(=O)(Nc1cc(F)c(C2CC2)cc1F)c1c[nH]c(-c2ncco2)c1. The van der Waals surface area contributed by atoms with Gasteiger partial charge in [0.25, 0.3) is 10.0 Å². The number of aromatic nitrogens is 2. The fraction of sp³-hybridized carbons (Fsp3) is 0.188. The van der Waals surface area contributed by atoms with Gasteiger partial charge in [0.1, 0.15) is 28.5 Å². The second-order valence-corrected chi connectivity index (χ2v) is 7.50. The summed E-state index contributed by atoms with van der Waals surface area (Å²) in [4.78, 5) is 6.47. The molecule has 0 aliphatic heterocycles. The monoisotopic (exact) mass is 365 g/mol. The van der Waals surface area contributed by atoms with Gasteiger partial charge in [-0.05, 0) is 36.5 Å². The molecule has 0 spiro atoms. The molecule has 2 N–H and O–H groups in total. The van der Waals surface area contributed by atoms with Crippen molar-refractivity contribution in [1.29, 1.82) is 0 Å². The largest absolute Gasteiger partial charge is 0.443 e. The van der Waals surface area contributed by atoms with Crippen molar-refractivity contribution in [2.45, 2.75) is 23.7 Å². The lowest BCUT2D eigenvalue weighted by Gasteiger charge is -2.10. The number of rotatable bonds is 5. The van der Waals surface area contributed by atoms with E-state index in [1.54, 1.807) is 0 Å². The Morgan fingerprint density at radius 1 is 1.20 bits per heavy atom. The molecule has 6 nitrogen and oxygen atoms in total. The molecule has 0 unspecified atom stereocenters. The van der Waals surface area contributed by atoms with E-state index < -0.39 is 27.3 Å². The highest BCUT2D eigenvalue weighted by atomic mass is 32.2. The molecular weight excluding hydrogens is 352 g/mol. The third kappa shape index (κ3) is 3.02. The van der Waals surface area contributed by atoms with Crippen LogP contribution in [0.5, 0.6) is 0 Å². The zero-order valence-corrected chi connectivity index (χ0v) is 13.6. The van der Waals surface area contributed by atoms with E-state index in [1.165, 1.54) is 24.7 Å². The second-order valence-electron chi connectivity index (χ2n) is 5.82. The average molecular weight is 365 g/mol. The van der Waals surface area contributed by atoms with Crippen LogP contribution in [0.3, 0.4) is 0 Å². The summed E-state index contributed by atoms with van der Waals surface area (Å²) in [6.45, 7) is 0. The average Bonchev–Trinajstić information content (AvgIpc) is 3.05. The third-order valence-electron chi connectivity index (χ3n) is 3.98. The van der Waals surface area contributed by atoms with Crippen LogP contribution in [0.15, 0.2) is 46.2 Å². The Morgan fingerprint density at radius 3 is 2.68 bits per heavy atom. The lowest BCUT2D eigenvalue weighted by molar-refractivity contribution is 0.572. The summed E-state index contributed by atoms with van der Waals surface area (Å²) in [7, 11) is -4.10. The lowest BCUT2D eigenvalue weighted by Crippen LogP contribution is -2.14. The van der Waals surface area contributed by atoms with Gasteiger partial charge in [-0.1, -0.05) is 0 Å². The van der Waals surface area contributed by atoms with E-state index in [9.17, 15) is 17.2 Å². The van der Waals surface area contributed by atoms with Crippen LogP contribution in [-0.4, -0.2) is 18.4 Å². The molecule has 2 aromatic heterocycles. The number of sulfonamides is 1. The molecule has 0 bridgehead atoms. The molecule has 1 aliphatic rings. The lowest BCUT2D eigenvalue weighted by atomic mass is 10.1. The van der Waals surface area contributed by atoms with Crippen molar-refractivity contribution in [1.82, 2.24) is 9.97 Å². The number of nitrogens with one attached hydrogen (secondary N) is 2. The highest BCUT2D eigenvalue weighted by Crippen LogP contribution is 2.42. The maximum Gasteiger partial charge on any atom is 0.263 e. The first-order valence-electron chi connectivity index (χ1n) is 7.54. The predicted octanol–water partition coefficient (Wildman–Crippen LogP) is 3.63. The summed E-state index contributed by atoms with van der Waals surface area (Å²) in [5.41, 5.74) is 0.204. The van der Waals surface area contributed by atoms with Gasteiger partial charge in [-0.15, -0.1) is 0 Å². The minimum atomic E-state index is -4.10. The van der Waals surface area contributed by atoms with Crippen LogP contribution < -0.4 is 4.72 Å². The second kappa shape index (κ2) is 5.69. The summed E-state index contributed by atoms with van der Waals surface area (Å²) in [5.74, 6) is -1.19. The number of H-pyrrole nitrogens is 1. The van der Waals surface area contributed by atoms with E-state index in [1.807, 2.05) is 0 Å². The molecule has 2 heterocycles. The van der Waals surface area contributed by atoms with Crippen molar-refractivity contribution in [2.75, 3.05) is 4.72 Å². The Labute approximate surface area is 141 Å². The van der Waals surface area contributed by atoms with Gasteiger partial charge in [-0.25, -0.2) is 22.2 Å². The van der Waals surface area contributed by atoms with E-state index in [-0.39, 0.29) is 22.3 Å². The van der Waals surface area contributed by atoms with Crippen molar-refractivity contribution in [3.05, 3.63) is 54.1 Å². The highest BCUT2D eigenvalue weighted by molar-refractivity contribution is 7.92. The van der Waals surface area contributed by atoms with Gasteiger partial charge in [-0.3, -0.25) is 4.72 Å². The number of benzene rings is 1. The maximum absolute atomic E-state index is 14.2. The number of hydrogen-bond acceptors (Lipinski definition) is 4. The van der Waals surface area contributed by atoms with Gasteiger partial charge in [0, 0.05) is 12.3 Å². The number of nitrogens with zero attached hydrogens (tertiary/aromatic N) is 1. The van der Waals surface area contributed by atoms with Gasteiger partial charge in [0.05, 0.1) is 11.9 Å². The molecule has 130 valence electrons. The van der Waals surface area contributed by atoms with Crippen LogP contribution in [0.2, 0.25) is 0 Å². The molecule has 9 heteroatoms. The topological polar surface area (TPSA) is 88.0 Å². The molecule has 1 aliphatic carbocycles. The number of oxazole rings is 1. The van der Waals surface area contributed by atoms with Gasteiger partial charge < -0.3 is 9.40 Å². The first kappa shape index (κ1) is 15.8. The first-order valence-corrected chi connectivity index (χ1v) is 9.02. The summed E-state index contributed by atoms with van der Waals surface area (Å²) in [6, 6.07) is 3.23. The highest BCUT2D eigenvalue weighted by Gasteiger charge is 2.28. The Kier molecular flexibility index (Phi) is 3.60. The summed E-state index contributed by atoms with van der Waals surface area (Å²) < 4.78 is 60.2. The molecule has 0 saturated heterocycles. The summed E-state index contributed by atoms with van der Waals surface area (Å²) in [6.07, 6.45) is 5.61.